The lowest BCUT2D eigenvalue weighted by Gasteiger charge is -2.43. The van der Waals surface area contributed by atoms with Crippen molar-refractivity contribution in [2.45, 2.75) is 57.9 Å². The number of likely N-dealkylation sites (tertiary alicyclic amines) is 1. The zero-order valence-corrected chi connectivity index (χ0v) is 23.9. The van der Waals surface area contributed by atoms with Crippen LogP contribution in [0.2, 0.25) is 0 Å². The van der Waals surface area contributed by atoms with E-state index in [4.69, 9.17) is 9.15 Å². The number of fused-ring (bicyclic) bond motifs is 1. The molecule has 1 saturated heterocycles. The summed E-state index contributed by atoms with van der Waals surface area (Å²) in [6.07, 6.45) is 7.97. The molecule has 0 radical (unpaired) electrons. The number of nitrogens with zero attached hydrogens (tertiary/aromatic N) is 4. The van der Waals surface area contributed by atoms with Gasteiger partial charge >= 0.3 is 0 Å². The number of aromatic nitrogens is 2. The van der Waals surface area contributed by atoms with E-state index in [1.807, 2.05) is 11.0 Å². The normalized spacial score (nSPS) is 18.0. The number of anilines is 1. The van der Waals surface area contributed by atoms with Gasteiger partial charge in [0.2, 0.25) is 5.91 Å². The van der Waals surface area contributed by atoms with E-state index >= 15 is 0 Å². The second-order valence-corrected chi connectivity index (χ2v) is 11.6. The Morgan fingerprint density at radius 3 is 2.86 bits per heavy atom. The number of rotatable bonds is 11. The summed E-state index contributed by atoms with van der Waals surface area (Å²) in [5, 5.41) is 16.9. The lowest BCUT2D eigenvalue weighted by Crippen LogP contribution is -2.59. The molecule has 11 heteroatoms. The Labute approximate surface area is 245 Å². The van der Waals surface area contributed by atoms with Crippen molar-refractivity contribution in [1.82, 2.24) is 25.1 Å². The van der Waals surface area contributed by atoms with Gasteiger partial charge < -0.3 is 29.8 Å². The monoisotopic (exact) mass is 574 g/mol. The number of aliphatic hydroxyl groups is 1. The van der Waals surface area contributed by atoms with E-state index in [1.54, 1.807) is 24.5 Å². The third-order valence-electron chi connectivity index (χ3n) is 8.56. The average Bonchev–Trinajstić information content (AvgIpc) is 3.46. The lowest BCUT2D eigenvalue weighted by molar-refractivity contribution is -0.142. The topological polar surface area (TPSA) is 133 Å². The molecule has 0 spiro atoms. The zero-order chi connectivity index (χ0) is 29.1. The highest BCUT2D eigenvalue weighted by Crippen LogP contribution is 2.31. The first-order valence-electron chi connectivity index (χ1n) is 14.7. The van der Waals surface area contributed by atoms with Crippen LogP contribution < -0.4 is 15.4 Å². The van der Waals surface area contributed by atoms with E-state index in [-0.39, 0.29) is 30.3 Å². The number of benzene rings is 1. The Morgan fingerprint density at radius 1 is 1.24 bits per heavy atom. The zero-order valence-electron chi connectivity index (χ0n) is 23.9. The maximum absolute atomic E-state index is 12.8. The van der Waals surface area contributed by atoms with Crippen LogP contribution in [-0.2, 0) is 24.4 Å². The number of oxazole rings is 1. The van der Waals surface area contributed by atoms with Crippen molar-refractivity contribution in [2.75, 3.05) is 38.0 Å². The molecule has 1 aliphatic carbocycles. The number of hydrogen-bond acceptors (Lipinski definition) is 9. The largest absolute Gasteiger partial charge is 0.485 e. The molecule has 1 aromatic carbocycles. The van der Waals surface area contributed by atoms with Gasteiger partial charge in [0, 0.05) is 56.9 Å². The number of ether oxygens (including phenoxy) is 1. The predicted molar refractivity (Wildman–Crippen MR) is 155 cm³/mol. The Bertz CT molecular complexity index is 1400. The van der Waals surface area contributed by atoms with Crippen molar-refractivity contribution in [2.24, 2.45) is 5.92 Å². The minimum Gasteiger partial charge on any atom is -0.485 e. The van der Waals surface area contributed by atoms with Gasteiger partial charge in [0.1, 0.15) is 18.2 Å². The first-order chi connectivity index (χ1) is 20.4. The van der Waals surface area contributed by atoms with Crippen molar-refractivity contribution in [3.05, 3.63) is 71.1 Å². The summed E-state index contributed by atoms with van der Waals surface area (Å²) < 4.78 is 11.2. The van der Waals surface area contributed by atoms with E-state index in [9.17, 15) is 14.7 Å². The Hall–Kier alpha value is -3.96. The molecule has 42 heavy (non-hydrogen) atoms. The fourth-order valence-electron chi connectivity index (χ4n) is 5.85. The number of pyridine rings is 1. The highest BCUT2D eigenvalue weighted by molar-refractivity contribution is 5.94. The van der Waals surface area contributed by atoms with Crippen LogP contribution in [0.3, 0.4) is 0 Å². The van der Waals surface area contributed by atoms with Crippen LogP contribution in [-0.4, -0.2) is 81.6 Å². The first kappa shape index (κ1) is 28.2. The molecule has 1 atom stereocenters. The van der Waals surface area contributed by atoms with Gasteiger partial charge in [0.05, 0.1) is 18.3 Å². The minimum absolute atomic E-state index is 0.138. The Morgan fingerprint density at radius 2 is 2.10 bits per heavy atom. The van der Waals surface area contributed by atoms with Crippen LogP contribution in [0.15, 0.2) is 47.5 Å². The summed E-state index contributed by atoms with van der Waals surface area (Å²) in [4.78, 5) is 37.5. The van der Waals surface area contributed by atoms with Crippen LogP contribution in [0.5, 0.6) is 5.75 Å². The first-order valence-corrected chi connectivity index (χ1v) is 14.7. The average molecular weight is 575 g/mol. The molecule has 2 aromatic heterocycles. The highest BCUT2D eigenvalue weighted by atomic mass is 16.5. The van der Waals surface area contributed by atoms with Gasteiger partial charge in [0.25, 0.3) is 5.91 Å². The molecule has 6 rings (SSSR count). The second-order valence-electron chi connectivity index (χ2n) is 11.6. The van der Waals surface area contributed by atoms with E-state index in [0.29, 0.717) is 43.4 Å². The fraction of sp³-hybridized carbons (Fsp3) is 0.484. The summed E-state index contributed by atoms with van der Waals surface area (Å²) >= 11 is 0. The van der Waals surface area contributed by atoms with Gasteiger partial charge in [-0.25, -0.2) is 9.97 Å². The van der Waals surface area contributed by atoms with Crippen molar-refractivity contribution in [3.8, 4) is 5.75 Å². The van der Waals surface area contributed by atoms with Crippen LogP contribution in [0.4, 0.5) is 5.82 Å². The van der Waals surface area contributed by atoms with Gasteiger partial charge in [-0.1, -0.05) is 12.5 Å². The standard InChI is InChI=1S/C31H38N6O5/c1-20-27-8-10-36(14-23(27)5-6-28(20)41-18-26-13-32-19-42-26)17-25(38)12-34-30(39)22-7-9-33-29(11-22)35-24-15-37(16-24)31(40)21-3-2-4-21/h5-7,9,11,13,19,21,24-25,38H,2-4,8,10,12,14-18H2,1H3,(H,33,35)(H,34,39). The molecule has 1 unspecified atom stereocenters. The molecule has 3 aromatic rings. The Balaban J connectivity index is 0.941. The number of amides is 2. The molecule has 11 nitrogen and oxygen atoms in total. The molecular weight excluding hydrogens is 536 g/mol. The molecule has 1 saturated carbocycles. The van der Waals surface area contributed by atoms with Crippen LogP contribution in [0.1, 0.15) is 52.1 Å². The molecule has 2 fully saturated rings. The quantitative estimate of drug-likeness (QED) is 0.316. The van der Waals surface area contributed by atoms with E-state index in [0.717, 1.165) is 50.1 Å². The van der Waals surface area contributed by atoms with Gasteiger partial charge in [-0.15, -0.1) is 0 Å². The van der Waals surface area contributed by atoms with Crippen molar-refractivity contribution >= 4 is 17.6 Å². The third-order valence-corrected chi connectivity index (χ3v) is 8.56. The molecule has 2 aliphatic heterocycles. The highest BCUT2D eigenvalue weighted by Gasteiger charge is 2.36. The van der Waals surface area contributed by atoms with Gasteiger partial charge in [0.15, 0.2) is 12.2 Å². The van der Waals surface area contributed by atoms with E-state index < -0.39 is 6.10 Å². The second kappa shape index (κ2) is 12.5. The number of hydrogen-bond donors (Lipinski definition) is 3. The molecule has 222 valence electrons. The Kier molecular flexibility index (Phi) is 8.38. The summed E-state index contributed by atoms with van der Waals surface area (Å²) in [6.45, 7) is 5.90. The van der Waals surface area contributed by atoms with Crippen LogP contribution in [0.25, 0.3) is 0 Å². The van der Waals surface area contributed by atoms with E-state index in [1.165, 1.54) is 17.5 Å². The summed E-state index contributed by atoms with van der Waals surface area (Å²) in [5.41, 5.74) is 4.11. The van der Waals surface area contributed by atoms with Crippen molar-refractivity contribution in [3.63, 3.8) is 0 Å². The van der Waals surface area contributed by atoms with Crippen molar-refractivity contribution in [1.29, 1.82) is 0 Å². The van der Waals surface area contributed by atoms with Crippen molar-refractivity contribution < 1.29 is 23.8 Å². The molecule has 3 N–H and O–H groups in total. The maximum atomic E-state index is 12.8. The summed E-state index contributed by atoms with van der Waals surface area (Å²) in [6, 6.07) is 7.58. The number of carbonyl (C=O) groups is 2. The lowest BCUT2D eigenvalue weighted by atomic mass is 9.83. The van der Waals surface area contributed by atoms with E-state index in [2.05, 4.69) is 38.5 Å². The molecular formula is C31H38N6O5. The molecule has 2 amide bonds. The number of carbonyl (C=O) groups excluding carboxylic acids is 2. The van der Waals surface area contributed by atoms with Crippen LogP contribution in [0, 0.1) is 12.8 Å². The van der Waals surface area contributed by atoms with Gasteiger partial charge in [-0.3, -0.25) is 14.5 Å². The van der Waals surface area contributed by atoms with Gasteiger partial charge in [-0.2, -0.15) is 0 Å². The third kappa shape index (κ3) is 6.42. The summed E-state index contributed by atoms with van der Waals surface area (Å²) in [7, 11) is 0. The molecule has 3 aliphatic rings. The SMILES string of the molecule is Cc1c(OCc2cnco2)ccc2c1CCN(CC(O)CNC(=O)c1ccnc(NC3CN(C(=O)C4CCC4)C3)c1)C2. The molecule has 4 heterocycles. The summed E-state index contributed by atoms with van der Waals surface area (Å²) in [5.74, 6) is 2.35. The van der Waals surface area contributed by atoms with Crippen LogP contribution >= 0.6 is 0 Å². The van der Waals surface area contributed by atoms with Gasteiger partial charge in [-0.05, 0) is 61.1 Å². The number of β-amino-alcohol motifs (C(OH)–C–C–N with tert-alkyl or cyclic N) is 1. The fourth-order valence-corrected chi connectivity index (χ4v) is 5.85. The predicted octanol–water partition coefficient (Wildman–Crippen LogP) is 2.53. The minimum atomic E-state index is -0.699. The number of nitrogens with one attached hydrogen (secondary N) is 2. The maximum Gasteiger partial charge on any atom is 0.251 e. The number of aliphatic hydroxyl groups excluding tert-OH is 1. The smallest absolute Gasteiger partial charge is 0.251 e. The molecule has 0 bridgehead atoms.